The fourth-order valence-electron chi connectivity index (χ4n) is 2.98. The van der Waals surface area contributed by atoms with Gasteiger partial charge in [0.25, 0.3) is 0 Å². The van der Waals surface area contributed by atoms with Crippen LogP contribution in [0, 0.1) is 5.92 Å². The summed E-state index contributed by atoms with van der Waals surface area (Å²) in [4.78, 5) is 24.0. The highest BCUT2D eigenvalue weighted by molar-refractivity contribution is 6.30. The number of amides is 3. The molecule has 0 saturated carbocycles. The van der Waals surface area contributed by atoms with Crippen molar-refractivity contribution in [2.45, 2.75) is 19.3 Å². The average molecular weight is 387 g/mol. The Morgan fingerprint density at radius 1 is 0.926 bits per heavy atom. The molecule has 2 aromatic carbocycles. The van der Waals surface area contributed by atoms with Crippen molar-refractivity contribution in [3.63, 3.8) is 0 Å². The normalized spacial score (nSPS) is 16.0. The number of carbonyl (C=O) groups excluding carboxylic acids is 2. The first-order chi connectivity index (χ1) is 13.1. The number of urea groups is 1. The first-order valence-corrected chi connectivity index (χ1v) is 9.40. The van der Waals surface area contributed by atoms with Crippen LogP contribution < -0.4 is 21.3 Å². The van der Waals surface area contributed by atoms with Gasteiger partial charge in [-0.05, 0) is 80.4 Å². The molecule has 1 aliphatic rings. The number of benzene rings is 2. The quantitative estimate of drug-likeness (QED) is 0.597. The summed E-state index contributed by atoms with van der Waals surface area (Å²) in [6.45, 7) is 2.05. The molecule has 4 N–H and O–H groups in total. The Morgan fingerprint density at radius 2 is 1.48 bits per heavy atom. The average Bonchev–Trinajstić information content (AvgIpc) is 3.17. The Balaban J connectivity index is 1.44. The third-order valence-corrected chi connectivity index (χ3v) is 4.72. The topological polar surface area (TPSA) is 82.3 Å². The molecule has 0 aliphatic carbocycles. The summed E-state index contributed by atoms with van der Waals surface area (Å²) in [6, 6.07) is 13.6. The lowest BCUT2D eigenvalue weighted by Gasteiger charge is -2.10. The lowest BCUT2D eigenvalue weighted by Crippen LogP contribution is -2.19. The van der Waals surface area contributed by atoms with Crippen molar-refractivity contribution in [1.82, 2.24) is 5.32 Å². The van der Waals surface area contributed by atoms with E-state index in [1.54, 1.807) is 48.5 Å². The van der Waals surface area contributed by atoms with Gasteiger partial charge in [-0.1, -0.05) is 11.6 Å². The number of rotatable bonds is 6. The maximum Gasteiger partial charge on any atom is 0.323 e. The van der Waals surface area contributed by atoms with E-state index in [4.69, 9.17) is 11.6 Å². The number of hydrogen-bond acceptors (Lipinski definition) is 3. The highest BCUT2D eigenvalue weighted by Crippen LogP contribution is 2.18. The van der Waals surface area contributed by atoms with Crippen LogP contribution in [0.5, 0.6) is 0 Å². The molecule has 7 heteroatoms. The molecule has 3 amide bonds. The van der Waals surface area contributed by atoms with Crippen molar-refractivity contribution in [2.75, 3.05) is 29.0 Å². The summed E-state index contributed by atoms with van der Waals surface area (Å²) < 4.78 is 0. The van der Waals surface area contributed by atoms with Gasteiger partial charge in [-0.3, -0.25) is 4.79 Å². The summed E-state index contributed by atoms with van der Waals surface area (Å²) in [5, 5.41) is 12.3. The largest absolute Gasteiger partial charge is 0.326 e. The highest BCUT2D eigenvalue weighted by atomic mass is 35.5. The maximum atomic E-state index is 12.0. The van der Waals surface area contributed by atoms with Gasteiger partial charge in [-0.25, -0.2) is 4.79 Å². The van der Waals surface area contributed by atoms with Crippen molar-refractivity contribution in [2.24, 2.45) is 5.92 Å². The van der Waals surface area contributed by atoms with Crippen molar-refractivity contribution in [1.29, 1.82) is 0 Å². The number of nitrogens with one attached hydrogen (secondary N) is 4. The second-order valence-electron chi connectivity index (χ2n) is 6.61. The molecule has 6 nitrogen and oxygen atoms in total. The van der Waals surface area contributed by atoms with Crippen LogP contribution in [-0.4, -0.2) is 25.0 Å². The molecule has 3 rings (SSSR count). The lowest BCUT2D eigenvalue weighted by atomic mass is 10.0. The van der Waals surface area contributed by atoms with Gasteiger partial charge in [0.2, 0.25) is 5.91 Å². The van der Waals surface area contributed by atoms with Gasteiger partial charge in [0.15, 0.2) is 0 Å². The van der Waals surface area contributed by atoms with Crippen LogP contribution in [-0.2, 0) is 4.79 Å². The summed E-state index contributed by atoms with van der Waals surface area (Å²) in [6.07, 6.45) is 2.57. The minimum absolute atomic E-state index is 0.0168. The van der Waals surface area contributed by atoms with E-state index < -0.39 is 0 Å². The molecule has 1 atom stereocenters. The number of hydrogen-bond donors (Lipinski definition) is 4. The van der Waals surface area contributed by atoms with Gasteiger partial charge in [0, 0.05) is 28.5 Å². The first kappa shape index (κ1) is 19.2. The van der Waals surface area contributed by atoms with E-state index in [0.29, 0.717) is 34.4 Å². The predicted molar refractivity (Wildman–Crippen MR) is 109 cm³/mol. The molecule has 1 saturated heterocycles. The molecule has 1 fully saturated rings. The van der Waals surface area contributed by atoms with Crippen LogP contribution in [0.1, 0.15) is 19.3 Å². The molecule has 1 heterocycles. The zero-order valence-electron chi connectivity index (χ0n) is 14.9. The van der Waals surface area contributed by atoms with Crippen molar-refractivity contribution >= 4 is 40.6 Å². The molecular weight excluding hydrogens is 364 g/mol. The summed E-state index contributed by atoms with van der Waals surface area (Å²) in [5.74, 6) is 0.615. The third-order valence-electron chi connectivity index (χ3n) is 4.47. The van der Waals surface area contributed by atoms with E-state index >= 15 is 0 Å². The highest BCUT2D eigenvalue weighted by Gasteiger charge is 2.15. The van der Waals surface area contributed by atoms with Crippen LogP contribution in [0.3, 0.4) is 0 Å². The minimum Gasteiger partial charge on any atom is -0.326 e. The molecular formula is C20H23ClN4O2. The SMILES string of the molecule is O=C(CCC1CCNC1)Nc1ccc(NC(=O)Nc2ccc(Cl)cc2)cc1. The van der Waals surface area contributed by atoms with Gasteiger partial charge in [-0.2, -0.15) is 0 Å². The van der Waals surface area contributed by atoms with Crippen molar-refractivity contribution in [3.05, 3.63) is 53.6 Å². The third kappa shape index (κ3) is 6.27. The molecule has 0 bridgehead atoms. The summed E-state index contributed by atoms with van der Waals surface area (Å²) >= 11 is 5.82. The second-order valence-corrected chi connectivity index (χ2v) is 7.05. The molecule has 1 unspecified atom stereocenters. The lowest BCUT2D eigenvalue weighted by molar-refractivity contribution is -0.116. The van der Waals surface area contributed by atoms with Gasteiger partial charge in [0.1, 0.15) is 0 Å². The van der Waals surface area contributed by atoms with Gasteiger partial charge >= 0.3 is 6.03 Å². The van der Waals surface area contributed by atoms with Crippen molar-refractivity contribution < 1.29 is 9.59 Å². The predicted octanol–water partition coefficient (Wildman–Crippen LogP) is 4.31. The zero-order valence-corrected chi connectivity index (χ0v) is 15.7. The van der Waals surface area contributed by atoms with Gasteiger partial charge in [0.05, 0.1) is 0 Å². The fraction of sp³-hybridized carbons (Fsp3) is 0.300. The summed E-state index contributed by atoms with van der Waals surface area (Å²) in [5.41, 5.74) is 2.00. The van der Waals surface area contributed by atoms with E-state index in [1.165, 1.54) is 0 Å². The molecule has 1 aliphatic heterocycles. The first-order valence-electron chi connectivity index (χ1n) is 9.03. The molecule has 142 valence electrons. The van der Waals surface area contributed by atoms with Crippen LogP contribution in [0.15, 0.2) is 48.5 Å². The Labute approximate surface area is 163 Å². The van der Waals surface area contributed by atoms with Crippen molar-refractivity contribution in [3.8, 4) is 0 Å². The Hall–Kier alpha value is -2.57. The number of halogens is 1. The van der Waals surface area contributed by atoms with E-state index in [-0.39, 0.29) is 11.9 Å². The fourth-order valence-corrected chi connectivity index (χ4v) is 3.11. The Kier molecular flexibility index (Phi) is 6.68. The van der Waals surface area contributed by atoms with Crippen LogP contribution in [0.25, 0.3) is 0 Å². The van der Waals surface area contributed by atoms with Crippen LogP contribution in [0.2, 0.25) is 5.02 Å². The molecule has 0 radical (unpaired) electrons. The molecule has 27 heavy (non-hydrogen) atoms. The molecule has 2 aromatic rings. The molecule has 0 spiro atoms. The Bertz CT molecular complexity index is 772. The standard InChI is InChI=1S/C20H23ClN4O2/c21-15-2-4-17(5-3-15)24-20(27)25-18-8-6-16(7-9-18)23-19(26)10-1-14-11-12-22-13-14/h2-9,14,22H,1,10-13H2,(H,23,26)(H2,24,25,27). The number of anilines is 3. The van der Waals surface area contributed by atoms with E-state index in [0.717, 1.165) is 25.9 Å². The summed E-state index contributed by atoms with van der Waals surface area (Å²) in [7, 11) is 0. The number of carbonyl (C=O) groups is 2. The van der Waals surface area contributed by atoms with Crippen LogP contribution >= 0.6 is 11.6 Å². The van der Waals surface area contributed by atoms with Gasteiger partial charge < -0.3 is 21.3 Å². The maximum absolute atomic E-state index is 12.0. The van der Waals surface area contributed by atoms with E-state index in [9.17, 15) is 9.59 Å². The second kappa shape index (κ2) is 9.39. The van der Waals surface area contributed by atoms with E-state index in [2.05, 4.69) is 21.3 Å². The zero-order chi connectivity index (χ0) is 19.1. The monoisotopic (exact) mass is 386 g/mol. The van der Waals surface area contributed by atoms with E-state index in [1.807, 2.05) is 0 Å². The minimum atomic E-state index is -0.348. The smallest absolute Gasteiger partial charge is 0.323 e. The molecule has 0 aromatic heterocycles. The van der Waals surface area contributed by atoms with Crippen LogP contribution in [0.4, 0.5) is 21.9 Å². The Morgan fingerprint density at radius 3 is 2.04 bits per heavy atom. The van der Waals surface area contributed by atoms with Gasteiger partial charge in [-0.15, -0.1) is 0 Å².